The number of ether oxygens (including phenoxy) is 1. The van der Waals surface area contributed by atoms with Crippen molar-refractivity contribution in [3.05, 3.63) is 35.9 Å². The second-order valence-corrected chi connectivity index (χ2v) is 8.38. The minimum Gasteiger partial charge on any atom is -0.376 e. The summed E-state index contributed by atoms with van der Waals surface area (Å²) < 4.78 is 5.78. The van der Waals surface area contributed by atoms with Gasteiger partial charge in [0.15, 0.2) is 0 Å². The highest BCUT2D eigenvalue weighted by Crippen LogP contribution is 2.24. The van der Waals surface area contributed by atoms with Crippen LogP contribution in [0.15, 0.2) is 30.3 Å². The van der Waals surface area contributed by atoms with Crippen LogP contribution >= 0.6 is 15.9 Å². The lowest BCUT2D eigenvalue weighted by Crippen LogP contribution is -2.49. The Balaban J connectivity index is 1.72. The Hall–Kier alpha value is -0.950. The number of nitrogens with zero attached hydrogens (tertiary/aromatic N) is 1. The van der Waals surface area contributed by atoms with Crippen LogP contribution in [0.4, 0.5) is 0 Å². The molecule has 2 heterocycles. The van der Waals surface area contributed by atoms with Gasteiger partial charge >= 0.3 is 0 Å². The van der Waals surface area contributed by atoms with E-state index in [9.17, 15) is 4.79 Å². The van der Waals surface area contributed by atoms with E-state index in [1.165, 1.54) is 0 Å². The number of alkyl halides is 1. The largest absolute Gasteiger partial charge is 0.376 e. The number of carbonyl (C=O) groups is 1. The molecule has 0 radical (unpaired) electrons. The first-order valence-electron chi connectivity index (χ1n) is 9.15. The molecule has 1 amide bonds. The molecule has 4 unspecified atom stereocenters. The van der Waals surface area contributed by atoms with Crippen LogP contribution < -0.4 is 10.9 Å². The van der Waals surface area contributed by atoms with Gasteiger partial charge < -0.3 is 9.64 Å². The monoisotopic (exact) mass is 409 g/mol. The molecule has 5 nitrogen and oxygen atoms in total. The SMILES string of the molecule is CC(C)C1NNC(C(=O)N(Cc2ccccc2)CC2CCCO2)C1Br. The summed E-state index contributed by atoms with van der Waals surface area (Å²) in [7, 11) is 0. The van der Waals surface area contributed by atoms with Crippen molar-refractivity contribution >= 4 is 21.8 Å². The minimum atomic E-state index is -0.266. The molecule has 6 heteroatoms. The predicted octanol–water partition coefficient (Wildman–Crippen LogP) is 2.46. The highest BCUT2D eigenvalue weighted by Gasteiger charge is 2.41. The summed E-state index contributed by atoms with van der Waals surface area (Å²) in [6, 6.07) is 10.1. The fourth-order valence-corrected chi connectivity index (χ4v) is 4.65. The van der Waals surface area contributed by atoms with Gasteiger partial charge in [-0.05, 0) is 24.3 Å². The first-order valence-corrected chi connectivity index (χ1v) is 10.1. The third kappa shape index (κ3) is 4.61. The molecule has 138 valence electrons. The van der Waals surface area contributed by atoms with Crippen LogP contribution in [0.5, 0.6) is 0 Å². The number of hydrogen-bond acceptors (Lipinski definition) is 4. The van der Waals surface area contributed by atoms with Crippen molar-refractivity contribution < 1.29 is 9.53 Å². The van der Waals surface area contributed by atoms with Crippen molar-refractivity contribution in [2.45, 2.75) is 56.2 Å². The number of nitrogens with one attached hydrogen (secondary N) is 2. The summed E-state index contributed by atoms with van der Waals surface area (Å²) in [5.41, 5.74) is 7.62. The molecular formula is C19H28BrN3O2. The van der Waals surface area contributed by atoms with Gasteiger partial charge in [-0.25, -0.2) is 5.43 Å². The van der Waals surface area contributed by atoms with E-state index in [-0.39, 0.29) is 28.9 Å². The van der Waals surface area contributed by atoms with E-state index in [0.717, 1.165) is 25.0 Å². The predicted molar refractivity (Wildman–Crippen MR) is 102 cm³/mol. The van der Waals surface area contributed by atoms with Crippen LogP contribution in [0.3, 0.4) is 0 Å². The highest BCUT2D eigenvalue weighted by atomic mass is 79.9. The van der Waals surface area contributed by atoms with E-state index in [2.05, 4.69) is 52.8 Å². The number of rotatable bonds is 6. The second kappa shape index (κ2) is 8.62. The summed E-state index contributed by atoms with van der Waals surface area (Å²) in [6.07, 6.45) is 2.26. The van der Waals surface area contributed by atoms with Crippen molar-refractivity contribution in [2.75, 3.05) is 13.2 Å². The third-order valence-electron chi connectivity index (χ3n) is 5.03. The lowest BCUT2D eigenvalue weighted by Gasteiger charge is -2.29. The Bertz CT molecular complexity index is 563. The summed E-state index contributed by atoms with van der Waals surface area (Å²) in [5.74, 6) is 0.562. The van der Waals surface area contributed by atoms with Crippen molar-refractivity contribution in [3.8, 4) is 0 Å². The van der Waals surface area contributed by atoms with Gasteiger partial charge in [-0.3, -0.25) is 10.2 Å². The van der Waals surface area contributed by atoms with Gasteiger partial charge in [0.2, 0.25) is 5.91 Å². The van der Waals surface area contributed by atoms with Crippen molar-refractivity contribution in [3.63, 3.8) is 0 Å². The average molecular weight is 410 g/mol. The van der Waals surface area contributed by atoms with E-state index >= 15 is 0 Å². The van der Waals surface area contributed by atoms with Crippen LogP contribution in [-0.4, -0.2) is 47.0 Å². The smallest absolute Gasteiger partial charge is 0.242 e. The molecule has 0 bridgehead atoms. The Morgan fingerprint density at radius 1 is 1.32 bits per heavy atom. The molecule has 3 rings (SSSR count). The maximum Gasteiger partial charge on any atom is 0.242 e. The van der Waals surface area contributed by atoms with Crippen LogP contribution in [-0.2, 0) is 16.1 Å². The molecule has 0 aliphatic carbocycles. The molecule has 2 fully saturated rings. The third-order valence-corrected chi connectivity index (χ3v) is 6.13. The van der Waals surface area contributed by atoms with Crippen LogP contribution in [0.1, 0.15) is 32.3 Å². The number of halogens is 1. The first kappa shape index (κ1) is 18.8. The maximum atomic E-state index is 13.3. The van der Waals surface area contributed by atoms with Crippen LogP contribution in [0.2, 0.25) is 0 Å². The van der Waals surface area contributed by atoms with Crippen LogP contribution in [0, 0.1) is 5.92 Å². The molecule has 4 atom stereocenters. The zero-order valence-corrected chi connectivity index (χ0v) is 16.5. The number of carbonyl (C=O) groups excluding carboxylic acids is 1. The van der Waals surface area contributed by atoms with Crippen molar-refractivity contribution in [2.24, 2.45) is 5.92 Å². The topological polar surface area (TPSA) is 53.6 Å². The quantitative estimate of drug-likeness (QED) is 0.708. The Morgan fingerprint density at radius 2 is 2.08 bits per heavy atom. The summed E-state index contributed by atoms with van der Waals surface area (Å²) >= 11 is 3.74. The molecule has 25 heavy (non-hydrogen) atoms. The molecular weight excluding hydrogens is 382 g/mol. The number of amides is 1. The van der Waals surface area contributed by atoms with Crippen molar-refractivity contribution in [1.82, 2.24) is 15.8 Å². The summed E-state index contributed by atoms with van der Waals surface area (Å²) in [4.78, 5) is 15.3. The molecule has 0 spiro atoms. The van der Waals surface area contributed by atoms with E-state index < -0.39 is 0 Å². The molecule has 1 aromatic carbocycles. The Labute approximate surface area is 158 Å². The fraction of sp³-hybridized carbons (Fsp3) is 0.632. The zero-order valence-electron chi connectivity index (χ0n) is 15.0. The summed E-state index contributed by atoms with van der Waals surface area (Å²) in [6.45, 7) is 6.39. The fourth-order valence-electron chi connectivity index (χ4n) is 3.55. The number of hydrazine groups is 1. The lowest BCUT2D eigenvalue weighted by atomic mass is 9.98. The normalized spacial score (nSPS) is 29.3. The average Bonchev–Trinajstić information content (AvgIpc) is 3.24. The van der Waals surface area contributed by atoms with Gasteiger partial charge in [0, 0.05) is 25.7 Å². The maximum absolute atomic E-state index is 13.3. The molecule has 0 saturated carbocycles. The molecule has 1 aromatic rings. The molecule has 2 aliphatic heterocycles. The molecule has 0 aromatic heterocycles. The first-order chi connectivity index (χ1) is 12.1. The van der Waals surface area contributed by atoms with E-state index in [1.54, 1.807) is 0 Å². The van der Waals surface area contributed by atoms with Gasteiger partial charge in [0.05, 0.1) is 10.9 Å². The van der Waals surface area contributed by atoms with Gasteiger partial charge in [-0.1, -0.05) is 60.1 Å². The Kier molecular flexibility index (Phi) is 6.49. The second-order valence-electron chi connectivity index (χ2n) is 7.32. The molecule has 2 aliphatic rings. The van der Waals surface area contributed by atoms with Gasteiger partial charge in [-0.15, -0.1) is 0 Å². The summed E-state index contributed by atoms with van der Waals surface area (Å²) in [5, 5.41) is 0. The highest BCUT2D eigenvalue weighted by molar-refractivity contribution is 9.09. The van der Waals surface area contributed by atoms with Gasteiger partial charge in [0.25, 0.3) is 0 Å². The number of benzene rings is 1. The lowest BCUT2D eigenvalue weighted by molar-refractivity contribution is -0.135. The zero-order chi connectivity index (χ0) is 17.8. The molecule has 2 saturated heterocycles. The van der Waals surface area contributed by atoms with Crippen molar-refractivity contribution in [1.29, 1.82) is 0 Å². The van der Waals surface area contributed by atoms with E-state index in [0.29, 0.717) is 19.0 Å². The standard InChI is InChI=1S/C19H28BrN3O2/c1-13(2)17-16(20)18(22-21-17)19(24)23(12-15-9-6-10-25-15)11-14-7-4-3-5-8-14/h3-5,7-8,13,15-18,21-22H,6,9-12H2,1-2H3. The van der Waals surface area contributed by atoms with E-state index in [4.69, 9.17) is 4.74 Å². The van der Waals surface area contributed by atoms with Gasteiger partial charge in [-0.2, -0.15) is 0 Å². The minimum absolute atomic E-state index is 0.0720. The Morgan fingerprint density at radius 3 is 2.68 bits per heavy atom. The van der Waals surface area contributed by atoms with E-state index in [1.807, 2.05) is 23.1 Å². The molecule has 2 N–H and O–H groups in total. The number of hydrogen-bond donors (Lipinski definition) is 2. The van der Waals surface area contributed by atoms with Crippen LogP contribution in [0.25, 0.3) is 0 Å². The van der Waals surface area contributed by atoms with Gasteiger partial charge in [0.1, 0.15) is 6.04 Å².